The molecule has 1 aliphatic rings. The van der Waals surface area contributed by atoms with Crippen molar-refractivity contribution in [3.05, 3.63) is 36.3 Å². The number of nitrogens with zero attached hydrogens (tertiary/aromatic N) is 3. The Labute approximate surface area is 150 Å². The zero-order valence-electron chi connectivity index (χ0n) is 14.7. The van der Waals surface area contributed by atoms with Crippen molar-refractivity contribution in [3.8, 4) is 11.5 Å². The third kappa shape index (κ3) is 2.83. The lowest BCUT2D eigenvalue weighted by molar-refractivity contribution is 0.0714. The molecule has 2 aromatic heterocycles. The number of aromatic nitrogens is 2. The van der Waals surface area contributed by atoms with Crippen LogP contribution in [0.1, 0.15) is 10.6 Å². The number of amides is 1. The molecule has 1 aliphatic heterocycles. The summed E-state index contributed by atoms with van der Waals surface area (Å²) in [6.45, 7) is 2.62. The first kappa shape index (κ1) is 16.3. The van der Waals surface area contributed by atoms with Gasteiger partial charge in [0.1, 0.15) is 0 Å². The van der Waals surface area contributed by atoms with E-state index in [1.54, 1.807) is 31.3 Å². The van der Waals surface area contributed by atoms with Crippen LogP contribution in [0.5, 0.6) is 11.5 Å². The molecule has 4 rings (SSSR count). The molecule has 0 saturated carbocycles. The molecular weight excluding hydrogens is 336 g/mol. The summed E-state index contributed by atoms with van der Waals surface area (Å²) >= 11 is 0. The Morgan fingerprint density at radius 1 is 1.15 bits per heavy atom. The number of nitrogens with one attached hydrogen (secondary N) is 1. The number of H-pyrrole nitrogens is 1. The van der Waals surface area contributed by atoms with Crippen molar-refractivity contribution in [1.82, 2.24) is 14.9 Å². The van der Waals surface area contributed by atoms with E-state index >= 15 is 0 Å². The van der Waals surface area contributed by atoms with E-state index in [0.29, 0.717) is 43.4 Å². The number of fused-ring (bicyclic) bond motifs is 1. The number of imidazole rings is 1. The normalized spacial score (nSPS) is 14.7. The summed E-state index contributed by atoms with van der Waals surface area (Å²) in [6.07, 6.45) is 1.51. The van der Waals surface area contributed by atoms with Crippen molar-refractivity contribution in [1.29, 1.82) is 0 Å². The highest BCUT2D eigenvalue weighted by atomic mass is 16.5. The molecule has 0 spiro atoms. The highest BCUT2D eigenvalue weighted by Crippen LogP contribution is 2.32. The SMILES string of the molecule is COc1cc2nc(N3CCN(C(=O)c4ccco4)CC3)[nH]c2cc1OC. The third-order valence-corrected chi connectivity index (χ3v) is 4.57. The molecule has 0 atom stereocenters. The van der Waals surface area contributed by atoms with Gasteiger partial charge in [-0.2, -0.15) is 0 Å². The molecule has 1 saturated heterocycles. The maximum atomic E-state index is 12.3. The minimum Gasteiger partial charge on any atom is -0.493 e. The average molecular weight is 356 g/mol. The zero-order chi connectivity index (χ0) is 18.1. The zero-order valence-corrected chi connectivity index (χ0v) is 14.7. The van der Waals surface area contributed by atoms with E-state index < -0.39 is 0 Å². The summed E-state index contributed by atoms with van der Waals surface area (Å²) in [5.41, 5.74) is 1.69. The molecule has 1 amide bonds. The van der Waals surface area contributed by atoms with Gasteiger partial charge in [-0.15, -0.1) is 0 Å². The number of carbonyl (C=O) groups excluding carboxylic acids is 1. The number of hydrogen-bond acceptors (Lipinski definition) is 6. The minimum absolute atomic E-state index is 0.0753. The van der Waals surface area contributed by atoms with E-state index in [1.165, 1.54) is 6.26 Å². The summed E-state index contributed by atoms with van der Waals surface area (Å²) in [5, 5.41) is 0. The number of hydrogen-bond donors (Lipinski definition) is 1. The van der Waals surface area contributed by atoms with Gasteiger partial charge < -0.3 is 28.7 Å². The van der Waals surface area contributed by atoms with Gasteiger partial charge in [0, 0.05) is 38.3 Å². The molecule has 1 fully saturated rings. The van der Waals surface area contributed by atoms with E-state index in [2.05, 4.69) is 14.9 Å². The second kappa shape index (κ2) is 6.62. The van der Waals surface area contributed by atoms with Crippen LogP contribution in [0.3, 0.4) is 0 Å². The smallest absolute Gasteiger partial charge is 0.289 e. The van der Waals surface area contributed by atoms with Crippen LogP contribution in [0.15, 0.2) is 34.9 Å². The Morgan fingerprint density at radius 2 is 1.88 bits per heavy atom. The van der Waals surface area contributed by atoms with Crippen molar-refractivity contribution in [2.75, 3.05) is 45.3 Å². The van der Waals surface area contributed by atoms with Crippen molar-refractivity contribution in [3.63, 3.8) is 0 Å². The van der Waals surface area contributed by atoms with Crippen LogP contribution in [0, 0.1) is 0 Å². The summed E-state index contributed by atoms with van der Waals surface area (Å²) in [4.78, 5) is 24.2. The average Bonchev–Trinajstić information content (AvgIpc) is 3.35. The van der Waals surface area contributed by atoms with Crippen molar-refractivity contribution < 1.29 is 18.7 Å². The number of benzene rings is 1. The first-order valence-corrected chi connectivity index (χ1v) is 8.39. The quantitative estimate of drug-likeness (QED) is 0.771. The van der Waals surface area contributed by atoms with Crippen molar-refractivity contribution >= 4 is 22.9 Å². The molecular formula is C18H20N4O4. The van der Waals surface area contributed by atoms with E-state index in [1.807, 2.05) is 12.1 Å². The predicted molar refractivity (Wildman–Crippen MR) is 96.0 cm³/mol. The standard InChI is InChI=1S/C18H20N4O4/c1-24-15-10-12-13(11-16(15)25-2)20-18(19-12)22-7-5-21(6-8-22)17(23)14-4-3-9-26-14/h3-4,9-11H,5-8H2,1-2H3,(H,19,20). The number of piperazine rings is 1. The first-order valence-electron chi connectivity index (χ1n) is 8.39. The molecule has 8 heteroatoms. The van der Waals surface area contributed by atoms with Crippen LogP contribution in [-0.2, 0) is 0 Å². The Kier molecular flexibility index (Phi) is 4.16. The van der Waals surface area contributed by atoms with E-state index in [-0.39, 0.29) is 5.91 Å². The van der Waals surface area contributed by atoms with Gasteiger partial charge in [0.15, 0.2) is 17.3 Å². The van der Waals surface area contributed by atoms with Gasteiger partial charge in [-0.05, 0) is 12.1 Å². The van der Waals surface area contributed by atoms with Gasteiger partial charge in [0.2, 0.25) is 5.95 Å². The van der Waals surface area contributed by atoms with Gasteiger partial charge in [-0.3, -0.25) is 4.79 Å². The predicted octanol–water partition coefficient (Wildman–Crippen LogP) is 2.14. The number of aromatic amines is 1. The van der Waals surface area contributed by atoms with Crippen LogP contribution in [0.4, 0.5) is 5.95 Å². The second-order valence-corrected chi connectivity index (χ2v) is 6.04. The molecule has 1 aromatic carbocycles. The summed E-state index contributed by atoms with van der Waals surface area (Å²) in [6, 6.07) is 7.14. The number of anilines is 1. The Balaban J connectivity index is 1.50. The number of ether oxygens (including phenoxy) is 2. The van der Waals surface area contributed by atoms with Crippen LogP contribution in [0.2, 0.25) is 0 Å². The van der Waals surface area contributed by atoms with Crippen LogP contribution in [0.25, 0.3) is 11.0 Å². The maximum absolute atomic E-state index is 12.3. The van der Waals surface area contributed by atoms with E-state index in [0.717, 1.165) is 17.0 Å². The Bertz CT molecular complexity index is 870. The van der Waals surface area contributed by atoms with E-state index in [9.17, 15) is 4.79 Å². The minimum atomic E-state index is -0.0753. The molecule has 0 bridgehead atoms. The molecule has 26 heavy (non-hydrogen) atoms. The second-order valence-electron chi connectivity index (χ2n) is 6.04. The number of methoxy groups -OCH3 is 2. The van der Waals surface area contributed by atoms with Crippen LogP contribution >= 0.6 is 0 Å². The highest BCUT2D eigenvalue weighted by molar-refractivity contribution is 5.91. The molecule has 0 aliphatic carbocycles. The number of furan rings is 1. The topological polar surface area (TPSA) is 83.8 Å². The number of rotatable bonds is 4. The lowest BCUT2D eigenvalue weighted by Crippen LogP contribution is -2.49. The summed E-state index contributed by atoms with van der Waals surface area (Å²) in [5.74, 6) is 2.38. The molecule has 0 unspecified atom stereocenters. The molecule has 1 N–H and O–H groups in total. The fraction of sp³-hybridized carbons (Fsp3) is 0.333. The van der Waals surface area contributed by atoms with Crippen LogP contribution in [-0.4, -0.2) is 61.2 Å². The lowest BCUT2D eigenvalue weighted by atomic mass is 10.3. The molecule has 3 heterocycles. The Hall–Kier alpha value is -3.16. The third-order valence-electron chi connectivity index (χ3n) is 4.57. The van der Waals surface area contributed by atoms with Gasteiger partial charge >= 0.3 is 0 Å². The van der Waals surface area contributed by atoms with Crippen LogP contribution < -0.4 is 14.4 Å². The first-order chi connectivity index (χ1) is 12.7. The number of carbonyl (C=O) groups is 1. The lowest BCUT2D eigenvalue weighted by Gasteiger charge is -2.34. The maximum Gasteiger partial charge on any atom is 0.289 e. The monoisotopic (exact) mass is 356 g/mol. The molecule has 0 radical (unpaired) electrons. The largest absolute Gasteiger partial charge is 0.493 e. The molecule has 136 valence electrons. The van der Waals surface area contributed by atoms with Gasteiger partial charge in [0.25, 0.3) is 5.91 Å². The fourth-order valence-electron chi connectivity index (χ4n) is 3.15. The molecule has 3 aromatic rings. The highest BCUT2D eigenvalue weighted by Gasteiger charge is 2.25. The van der Waals surface area contributed by atoms with Crippen molar-refractivity contribution in [2.45, 2.75) is 0 Å². The molecule has 8 nitrogen and oxygen atoms in total. The summed E-state index contributed by atoms with van der Waals surface area (Å²) in [7, 11) is 3.21. The fourth-order valence-corrected chi connectivity index (χ4v) is 3.15. The van der Waals surface area contributed by atoms with Gasteiger partial charge in [0.05, 0.1) is 31.5 Å². The van der Waals surface area contributed by atoms with Crippen molar-refractivity contribution in [2.24, 2.45) is 0 Å². The van der Waals surface area contributed by atoms with E-state index in [4.69, 9.17) is 13.9 Å². The van der Waals surface area contributed by atoms with Gasteiger partial charge in [-0.25, -0.2) is 4.98 Å². The Morgan fingerprint density at radius 3 is 2.54 bits per heavy atom. The summed E-state index contributed by atoms with van der Waals surface area (Å²) < 4.78 is 15.9. The van der Waals surface area contributed by atoms with Gasteiger partial charge in [-0.1, -0.05) is 0 Å².